The number of ether oxygens (including phenoxy) is 4. The van der Waals surface area contributed by atoms with Crippen LogP contribution in [0, 0.1) is 0 Å². The first kappa shape index (κ1) is 18.4. The van der Waals surface area contributed by atoms with Crippen LogP contribution in [0.2, 0.25) is 0 Å². The number of unbranched alkanes of at least 4 members (excludes halogenated alkanes) is 4. The van der Waals surface area contributed by atoms with Crippen molar-refractivity contribution in [2.24, 2.45) is 0 Å². The first-order valence-corrected chi connectivity index (χ1v) is 7.11. The first-order valence-electron chi connectivity index (χ1n) is 7.11. The molecule has 0 fully saturated rings. The quantitative estimate of drug-likeness (QED) is 0.359. The monoisotopic (exact) mass is 276 g/mol. The topological polar surface area (TPSA) is 54.0 Å². The average Bonchev–Trinajstić information content (AvgIpc) is 2.43. The van der Waals surface area contributed by atoms with Gasteiger partial charge in [0.25, 0.3) is 0 Å². The number of carbonyl (C=O) groups excluding carboxylic acids is 1. The molecule has 5 nitrogen and oxygen atoms in total. The number of rotatable bonds is 14. The predicted molar refractivity (Wildman–Crippen MR) is 73.2 cm³/mol. The van der Waals surface area contributed by atoms with Gasteiger partial charge in [-0.2, -0.15) is 0 Å². The number of hydrogen-bond donors (Lipinski definition) is 0. The number of esters is 1. The molecule has 0 aliphatic heterocycles. The molecule has 0 spiro atoms. The standard InChI is InChI=1S/C14H28O5/c1-3-4-5-6-7-8-17-9-10-18-11-12-19-13-14(15)16-2/h3-13H2,1-2H3. The zero-order chi connectivity index (χ0) is 14.2. The fourth-order valence-electron chi connectivity index (χ4n) is 1.46. The molecular formula is C14H28O5. The second kappa shape index (κ2) is 15.4. The summed E-state index contributed by atoms with van der Waals surface area (Å²) in [6, 6.07) is 0. The molecule has 114 valence electrons. The highest BCUT2D eigenvalue weighted by molar-refractivity contribution is 5.70. The van der Waals surface area contributed by atoms with Crippen molar-refractivity contribution in [3.63, 3.8) is 0 Å². The molecule has 0 aromatic carbocycles. The van der Waals surface area contributed by atoms with Crippen LogP contribution in [0.5, 0.6) is 0 Å². The second-order valence-electron chi connectivity index (χ2n) is 4.27. The van der Waals surface area contributed by atoms with Crippen molar-refractivity contribution >= 4 is 5.97 Å². The van der Waals surface area contributed by atoms with Gasteiger partial charge in [0, 0.05) is 6.61 Å². The molecule has 0 radical (unpaired) electrons. The summed E-state index contributed by atoms with van der Waals surface area (Å²) in [6.45, 7) is 5.05. The van der Waals surface area contributed by atoms with Gasteiger partial charge in [-0.05, 0) is 6.42 Å². The largest absolute Gasteiger partial charge is 0.467 e. The summed E-state index contributed by atoms with van der Waals surface area (Å²) in [7, 11) is 1.34. The van der Waals surface area contributed by atoms with E-state index >= 15 is 0 Å². The van der Waals surface area contributed by atoms with E-state index in [1.807, 2.05) is 0 Å². The smallest absolute Gasteiger partial charge is 0.331 e. The third-order valence-electron chi connectivity index (χ3n) is 2.58. The maximum Gasteiger partial charge on any atom is 0.331 e. The Morgan fingerprint density at radius 1 is 0.789 bits per heavy atom. The Morgan fingerprint density at radius 2 is 1.37 bits per heavy atom. The number of methoxy groups -OCH3 is 1. The molecule has 0 unspecified atom stereocenters. The zero-order valence-corrected chi connectivity index (χ0v) is 12.3. The number of hydrogen-bond acceptors (Lipinski definition) is 5. The van der Waals surface area contributed by atoms with E-state index in [4.69, 9.17) is 14.2 Å². The average molecular weight is 276 g/mol. The van der Waals surface area contributed by atoms with Crippen molar-refractivity contribution in [1.29, 1.82) is 0 Å². The summed E-state index contributed by atoms with van der Waals surface area (Å²) < 4.78 is 20.2. The van der Waals surface area contributed by atoms with Crippen LogP contribution < -0.4 is 0 Å². The van der Waals surface area contributed by atoms with Gasteiger partial charge >= 0.3 is 5.97 Å². The van der Waals surface area contributed by atoms with E-state index in [1.165, 1.54) is 32.8 Å². The van der Waals surface area contributed by atoms with Crippen molar-refractivity contribution in [2.75, 3.05) is 46.8 Å². The van der Waals surface area contributed by atoms with Crippen LogP contribution >= 0.6 is 0 Å². The van der Waals surface area contributed by atoms with E-state index in [9.17, 15) is 4.79 Å². The van der Waals surface area contributed by atoms with Crippen LogP contribution in [0.4, 0.5) is 0 Å². The molecule has 0 bridgehead atoms. The van der Waals surface area contributed by atoms with Gasteiger partial charge in [0.2, 0.25) is 0 Å². The minimum Gasteiger partial charge on any atom is -0.467 e. The van der Waals surface area contributed by atoms with Crippen molar-refractivity contribution in [1.82, 2.24) is 0 Å². The van der Waals surface area contributed by atoms with Crippen LogP contribution in [-0.4, -0.2) is 52.7 Å². The zero-order valence-electron chi connectivity index (χ0n) is 12.3. The summed E-state index contributed by atoms with van der Waals surface area (Å²) >= 11 is 0. The van der Waals surface area contributed by atoms with Gasteiger partial charge in [-0.15, -0.1) is 0 Å². The molecule has 0 aromatic rings. The fourth-order valence-corrected chi connectivity index (χ4v) is 1.46. The summed E-state index contributed by atoms with van der Waals surface area (Å²) in [5, 5.41) is 0. The lowest BCUT2D eigenvalue weighted by Crippen LogP contribution is -2.14. The minimum absolute atomic E-state index is 0.0197. The van der Waals surface area contributed by atoms with Crippen LogP contribution in [0.3, 0.4) is 0 Å². The molecule has 0 saturated carbocycles. The van der Waals surface area contributed by atoms with Gasteiger partial charge in [0.1, 0.15) is 6.61 Å². The lowest BCUT2D eigenvalue weighted by atomic mass is 10.2. The van der Waals surface area contributed by atoms with E-state index in [0.29, 0.717) is 26.4 Å². The van der Waals surface area contributed by atoms with Crippen LogP contribution in [0.1, 0.15) is 39.0 Å². The SMILES string of the molecule is CCCCCCCOCCOCCOCC(=O)OC. The van der Waals surface area contributed by atoms with Crippen molar-refractivity contribution in [3.8, 4) is 0 Å². The van der Waals surface area contributed by atoms with Crippen LogP contribution in [-0.2, 0) is 23.7 Å². The Labute approximate surface area is 116 Å². The lowest BCUT2D eigenvalue weighted by molar-refractivity contribution is -0.146. The molecule has 5 heteroatoms. The molecule has 0 atom stereocenters. The highest BCUT2D eigenvalue weighted by atomic mass is 16.6. The first-order chi connectivity index (χ1) is 9.31. The van der Waals surface area contributed by atoms with Crippen molar-refractivity contribution in [3.05, 3.63) is 0 Å². The van der Waals surface area contributed by atoms with Crippen molar-refractivity contribution in [2.45, 2.75) is 39.0 Å². The molecule has 0 amide bonds. The molecule has 0 saturated heterocycles. The van der Waals surface area contributed by atoms with Crippen LogP contribution in [0.15, 0.2) is 0 Å². The highest BCUT2D eigenvalue weighted by Crippen LogP contribution is 2.02. The molecule has 0 aliphatic rings. The van der Waals surface area contributed by atoms with E-state index in [-0.39, 0.29) is 12.6 Å². The van der Waals surface area contributed by atoms with Gasteiger partial charge in [-0.25, -0.2) is 4.79 Å². The van der Waals surface area contributed by atoms with Gasteiger partial charge in [-0.1, -0.05) is 32.6 Å². The Bertz CT molecular complexity index is 196. The number of carbonyl (C=O) groups is 1. The highest BCUT2D eigenvalue weighted by Gasteiger charge is 1.98. The third kappa shape index (κ3) is 15.3. The second-order valence-corrected chi connectivity index (χ2v) is 4.27. The molecule has 0 heterocycles. The fraction of sp³-hybridized carbons (Fsp3) is 0.929. The summed E-state index contributed by atoms with van der Waals surface area (Å²) in [4.78, 5) is 10.7. The van der Waals surface area contributed by atoms with Gasteiger partial charge < -0.3 is 18.9 Å². The van der Waals surface area contributed by atoms with E-state index in [0.717, 1.165) is 13.0 Å². The third-order valence-corrected chi connectivity index (χ3v) is 2.58. The van der Waals surface area contributed by atoms with Crippen molar-refractivity contribution < 1.29 is 23.7 Å². The Balaban J connectivity index is 2.97. The molecule has 0 rings (SSSR count). The van der Waals surface area contributed by atoms with E-state index in [1.54, 1.807) is 0 Å². The molecule has 19 heavy (non-hydrogen) atoms. The summed E-state index contributed by atoms with van der Waals surface area (Å²) in [5.41, 5.74) is 0. The Kier molecular flexibility index (Phi) is 14.9. The Morgan fingerprint density at radius 3 is 2.00 bits per heavy atom. The molecule has 0 aliphatic carbocycles. The van der Waals surface area contributed by atoms with Gasteiger partial charge in [0.05, 0.1) is 33.5 Å². The van der Waals surface area contributed by atoms with Crippen LogP contribution in [0.25, 0.3) is 0 Å². The molecule has 0 N–H and O–H groups in total. The predicted octanol–water partition coefficient (Wildman–Crippen LogP) is 2.18. The van der Waals surface area contributed by atoms with Gasteiger partial charge in [0.15, 0.2) is 0 Å². The van der Waals surface area contributed by atoms with Gasteiger partial charge in [-0.3, -0.25) is 0 Å². The normalized spacial score (nSPS) is 10.6. The lowest BCUT2D eigenvalue weighted by Gasteiger charge is -2.06. The summed E-state index contributed by atoms with van der Waals surface area (Å²) in [6.07, 6.45) is 6.26. The maximum atomic E-state index is 10.7. The molecule has 0 aromatic heterocycles. The minimum atomic E-state index is -0.369. The Hall–Kier alpha value is -0.650. The van der Waals surface area contributed by atoms with E-state index in [2.05, 4.69) is 11.7 Å². The maximum absolute atomic E-state index is 10.7. The summed E-state index contributed by atoms with van der Waals surface area (Å²) in [5.74, 6) is -0.369. The van der Waals surface area contributed by atoms with E-state index < -0.39 is 0 Å². The molecular weight excluding hydrogens is 248 g/mol.